The quantitative estimate of drug-likeness (QED) is 0.543. The molecule has 0 bridgehead atoms. The predicted molar refractivity (Wildman–Crippen MR) is 38.1 cm³/mol. The summed E-state index contributed by atoms with van der Waals surface area (Å²) in [6, 6.07) is 1.60. The molecular formula is C4H7ClN4. The number of nitrogens with two attached hydrogens (primary N) is 2. The van der Waals surface area contributed by atoms with Gasteiger partial charge in [0.05, 0.1) is 11.9 Å². The van der Waals surface area contributed by atoms with E-state index in [1.165, 1.54) is 6.20 Å². The summed E-state index contributed by atoms with van der Waals surface area (Å²) in [5.74, 6) is 0.285. The fourth-order valence-electron chi connectivity index (χ4n) is 0.352. The topological polar surface area (TPSA) is 77.8 Å². The maximum absolute atomic E-state index is 5.29. The number of rotatable bonds is 0. The Hall–Kier alpha value is -1.03. The first-order valence-electron chi connectivity index (χ1n) is 2.13. The first-order valence-corrected chi connectivity index (χ1v) is 2.13. The molecule has 0 saturated heterocycles. The SMILES string of the molecule is Cl.Nc1ccnnc1N. The summed E-state index contributed by atoms with van der Waals surface area (Å²) in [5, 5.41) is 6.97. The fraction of sp³-hybridized carbons (Fsp3) is 0. The average molecular weight is 147 g/mol. The van der Waals surface area contributed by atoms with E-state index in [9.17, 15) is 0 Å². The van der Waals surface area contributed by atoms with Crippen LogP contribution in [0.1, 0.15) is 0 Å². The smallest absolute Gasteiger partial charge is 0.169 e. The minimum atomic E-state index is 0. The van der Waals surface area contributed by atoms with Crippen molar-refractivity contribution >= 4 is 23.9 Å². The third-order valence-electron chi connectivity index (χ3n) is 0.782. The lowest BCUT2D eigenvalue weighted by Crippen LogP contribution is -1.97. The Kier molecular flexibility index (Phi) is 2.73. The summed E-state index contributed by atoms with van der Waals surface area (Å²) in [5.41, 5.74) is 11.0. The molecule has 5 heteroatoms. The van der Waals surface area contributed by atoms with E-state index in [-0.39, 0.29) is 18.2 Å². The van der Waals surface area contributed by atoms with Crippen molar-refractivity contribution in [3.63, 3.8) is 0 Å². The number of hydrogen-bond acceptors (Lipinski definition) is 4. The van der Waals surface area contributed by atoms with Crippen molar-refractivity contribution in [2.45, 2.75) is 0 Å². The number of hydrogen-bond donors (Lipinski definition) is 2. The Morgan fingerprint density at radius 2 is 2.00 bits per heavy atom. The molecule has 1 aromatic rings. The molecule has 0 aliphatic rings. The highest BCUT2D eigenvalue weighted by Gasteiger charge is 1.88. The van der Waals surface area contributed by atoms with Gasteiger partial charge < -0.3 is 11.5 Å². The zero-order valence-corrected chi connectivity index (χ0v) is 5.43. The molecule has 0 aromatic carbocycles. The third-order valence-corrected chi connectivity index (χ3v) is 0.782. The van der Waals surface area contributed by atoms with Gasteiger partial charge >= 0.3 is 0 Å². The highest BCUT2D eigenvalue weighted by molar-refractivity contribution is 5.85. The van der Waals surface area contributed by atoms with Crippen LogP contribution in [0.2, 0.25) is 0 Å². The maximum Gasteiger partial charge on any atom is 0.169 e. The van der Waals surface area contributed by atoms with E-state index in [2.05, 4.69) is 10.2 Å². The molecule has 1 heterocycles. The summed E-state index contributed by atoms with van der Waals surface area (Å²) >= 11 is 0. The van der Waals surface area contributed by atoms with Crippen molar-refractivity contribution in [3.8, 4) is 0 Å². The molecule has 0 aliphatic heterocycles. The third kappa shape index (κ3) is 1.73. The van der Waals surface area contributed by atoms with Crippen LogP contribution >= 0.6 is 12.4 Å². The van der Waals surface area contributed by atoms with Gasteiger partial charge in [-0.05, 0) is 6.07 Å². The van der Waals surface area contributed by atoms with Gasteiger partial charge in [-0.15, -0.1) is 17.5 Å². The molecule has 9 heavy (non-hydrogen) atoms. The first-order chi connectivity index (χ1) is 3.80. The Bertz CT molecular complexity index is 169. The standard InChI is InChI=1S/C4H6N4.ClH/c5-3-1-2-7-8-4(3)6;/h1-2H,(H2,5,7)(H2,6,8);1H. The van der Waals surface area contributed by atoms with Crippen LogP contribution in [0.25, 0.3) is 0 Å². The largest absolute Gasteiger partial charge is 0.396 e. The summed E-state index contributed by atoms with van der Waals surface area (Å²) in [4.78, 5) is 0. The fourth-order valence-corrected chi connectivity index (χ4v) is 0.352. The summed E-state index contributed by atoms with van der Waals surface area (Å²) in [6.07, 6.45) is 1.49. The van der Waals surface area contributed by atoms with Gasteiger partial charge in [0.1, 0.15) is 0 Å². The molecule has 0 fully saturated rings. The average Bonchev–Trinajstić information content (AvgIpc) is 1.77. The van der Waals surface area contributed by atoms with E-state index >= 15 is 0 Å². The van der Waals surface area contributed by atoms with Gasteiger partial charge in [-0.2, -0.15) is 5.10 Å². The molecule has 50 valence electrons. The maximum atomic E-state index is 5.29. The van der Waals surface area contributed by atoms with Gasteiger partial charge in [0, 0.05) is 0 Å². The van der Waals surface area contributed by atoms with Crippen LogP contribution in [0.3, 0.4) is 0 Å². The summed E-state index contributed by atoms with van der Waals surface area (Å²) < 4.78 is 0. The zero-order valence-electron chi connectivity index (χ0n) is 4.61. The van der Waals surface area contributed by atoms with E-state index in [1.807, 2.05) is 0 Å². The summed E-state index contributed by atoms with van der Waals surface area (Å²) in [6.45, 7) is 0. The molecule has 0 amide bonds. The second-order valence-electron chi connectivity index (χ2n) is 1.37. The first kappa shape index (κ1) is 7.97. The lowest BCUT2D eigenvalue weighted by Gasteiger charge is -1.91. The normalized spacial score (nSPS) is 8.00. The van der Waals surface area contributed by atoms with Crippen LogP contribution in [-0.2, 0) is 0 Å². The van der Waals surface area contributed by atoms with Crippen molar-refractivity contribution in [1.29, 1.82) is 0 Å². The van der Waals surface area contributed by atoms with Crippen LogP contribution in [0.4, 0.5) is 11.5 Å². The number of nitrogens with zero attached hydrogens (tertiary/aromatic N) is 2. The van der Waals surface area contributed by atoms with Crippen molar-refractivity contribution in [2.24, 2.45) is 0 Å². The van der Waals surface area contributed by atoms with E-state index in [0.717, 1.165) is 0 Å². The van der Waals surface area contributed by atoms with Crippen LogP contribution in [-0.4, -0.2) is 10.2 Å². The zero-order chi connectivity index (χ0) is 5.98. The number of anilines is 2. The molecule has 0 saturated carbocycles. The monoisotopic (exact) mass is 146 g/mol. The summed E-state index contributed by atoms with van der Waals surface area (Å²) in [7, 11) is 0. The van der Waals surface area contributed by atoms with Gasteiger partial charge in [-0.3, -0.25) is 0 Å². The van der Waals surface area contributed by atoms with Gasteiger partial charge in [0.2, 0.25) is 0 Å². The lowest BCUT2D eigenvalue weighted by molar-refractivity contribution is 1.05. The second-order valence-corrected chi connectivity index (χ2v) is 1.37. The molecule has 1 aromatic heterocycles. The molecule has 4 nitrogen and oxygen atoms in total. The molecule has 0 unspecified atom stereocenters. The van der Waals surface area contributed by atoms with Crippen LogP contribution in [0.15, 0.2) is 12.3 Å². The van der Waals surface area contributed by atoms with Crippen molar-refractivity contribution < 1.29 is 0 Å². The van der Waals surface area contributed by atoms with Crippen LogP contribution < -0.4 is 11.5 Å². The van der Waals surface area contributed by atoms with E-state index in [1.54, 1.807) is 6.07 Å². The van der Waals surface area contributed by atoms with E-state index in [4.69, 9.17) is 11.5 Å². The van der Waals surface area contributed by atoms with Crippen molar-refractivity contribution in [3.05, 3.63) is 12.3 Å². The molecule has 0 radical (unpaired) electrons. The Balaban J connectivity index is 0.000000640. The highest BCUT2D eigenvalue weighted by atomic mass is 35.5. The minimum absolute atomic E-state index is 0. The highest BCUT2D eigenvalue weighted by Crippen LogP contribution is 2.04. The second kappa shape index (κ2) is 3.09. The van der Waals surface area contributed by atoms with Gasteiger partial charge in [-0.1, -0.05) is 0 Å². The predicted octanol–water partition coefficient (Wildman–Crippen LogP) is 0.0628. The van der Waals surface area contributed by atoms with Gasteiger partial charge in [-0.25, -0.2) is 0 Å². The van der Waals surface area contributed by atoms with Crippen LogP contribution in [0.5, 0.6) is 0 Å². The number of nitrogen functional groups attached to an aromatic ring is 2. The van der Waals surface area contributed by atoms with Crippen molar-refractivity contribution in [2.75, 3.05) is 11.5 Å². The number of aromatic nitrogens is 2. The molecule has 0 spiro atoms. The van der Waals surface area contributed by atoms with Crippen LogP contribution in [0, 0.1) is 0 Å². The number of halogens is 1. The minimum Gasteiger partial charge on any atom is -0.396 e. The van der Waals surface area contributed by atoms with E-state index in [0.29, 0.717) is 5.69 Å². The molecule has 4 N–H and O–H groups in total. The lowest BCUT2D eigenvalue weighted by atomic mass is 10.5. The van der Waals surface area contributed by atoms with Gasteiger partial charge in [0.25, 0.3) is 0 Å². The molecule has 0 atom stereocenters. The van der Waals surface area contributed by atoms with E-state index < -0.39 is 0 Å². The molecule has 1 rings (SSSR count). The molecule has 0 aliphatic carbocycles. The van der Waals surface area contributed by atoms with Gasteiger partial charge in [0.15, 0.2) is 5.82 Å². The molecular weight excluding hydrogens is 140 g/mol. The Labute approximate surface area is 58.7 Å². The Morgan fingerprint density at radius 3 is 2.33 bits per heavy atom. The van der Waals surface area contributed by atoms with Crippen molar-refractivity contribution in [1.82, 2.24) is 10.2 Å². The Morgan fingerprint density at radius 1 is 1.33 bits per heavy atom.